The molecule has 0 aromatic heterocycles. The first-order chi connectivity index (χ1) is 18.6. The van der Waals surface area contributed by atoms with E-state index in [-0.39, 0.29) is 46.9 Å². The molecular formula is C27H27F4N3O5S. The fraction of sp³-hybridized carbons (Fsp3) is 0.444. The Kier molecular flexibility index (Phi) is 6.92. The number of hydrogen-bond donors (Lipinski definition) is 1. The van der Waals surface area contributed by atoms with Gasteiger partial charge < -0.3 is 15.1 Å². The van der Waals surface area contributed by atoms with E-state index in [0.717, 1.165) is 18.4 Å². The van der Waals surface area contributed by atoms with E-state index in [4.69, 9.17) is 0 Å². The number of alkyl halides is 3. The number of fused-ring (bicyclic) bond motifs is 1. The van der Waals surface area contributed by atoms with E-state index in [1.165, 1.54) is 34.1 Å². The van der Waals surface area contributed by atoms with Crippen molar-refractivity contribution in [3.63, 3.8) is 0 Å². The van der Waals surface area contributed by atoms with Crippen molar-refractivity contribution in [3.05, 3.63) is 65.0 Å². The average Bonchev–Trinajstić information content (AvgIpc) is 3.41. The predicted molar refractivity (Wildman–Crippen MR) is 134 cm³/mol. The van der Waals surface area contributed by atoms with Crippen molar-refractivity contribution in [2.45, 2.75) is 48.5 Å². The second-order valence-electron chi connectivity index (χ2n) is 10.8. The van der Waals surface area contributed by atoms with Crippen molar-refractivity contribution in [3.8, 4) is 0 Å². The first kappa shape index (κ1) is 28.1. The highest BCUT2D eigenvalue weighted by molar-refractivity contribution is 7.90. The Morgan fingerprint density at radius 2 is 1.82 bits per heavy atom. The lowest BCUT2D eigenvalue weighted by atomic mass is 9.90. The highest BCUT2D eigenvalue weighted by Gasteiger charge is 2.56. The zero-order valence-corrected chi connectivity index (χ0v) is 22.4. The fourth-order valence-electron chi connectivity index (χ4n) is 5.77. The van der Waals surface area contributed by atoms with Crippen molar-refractivity contribution in [2.75, 3.05) is 19.8 Å². The zero-order chi connectivity index (χ0) is 29.1. The standard InChI is InChI=1S/C27H27F4N3O5S/c1-33-13-16(11-23(33)35)24(19-7-6-17(12-20(19)28)27(29,30)31)32-25(36)22-10-15-9-21(15)34(22)26(37)14-4-3-5-18(8-14)40(2,38)39/h3-8,12,15-16,21-22,24H,9-11,13H2,1-2H3,(H,32,36)/t15-,16-,21-,22-,24-/m1/s1. The molecule has 13 heteroatoms. The summed E-state index contributed by atoms with van der Waals surface area (Å²) in [6.45, 7) is 0.154. The van der Waals surface area contributed by atoms with Gasteiger partial charge in [-0.2, -0.15) is 13.2 Å². The third-order valence-electron chi connectivity index (χ3n) is 7.95. The molecular weight excluding hydrogens is 554 g/mol. The van der Waals surface area contributed by atoms with Gasteiger partial charge in [0.2, 0.25) is 11.8 Å². The highest BCUT2D eigenvalue weighted by atomic mass is 32.2. The van der Waals surface area contributed by atoms with Gasteiger partial charge in [0.25, 0.3) is 5.91 Å². The third-order valence-corrected chi connectivity index (χ3v) is 9.06. The van der Waals surface area contributed by atoms with Crippen LogP contribution in [0.1, 0.15) is 46.8 Å². The Morgan fingerprint density at radius 1 is 1.10 bits per heavy atom. The van der Waals surface area contributed by atoms with Gasteiger partial charge >= 0.3 is 6.18 Å². The third kappa shape index (κ3) is 5.30. The lowest BCUT2D eigenvalue weighted by Crippen LogP contribution is -2.49. The number of amides is 3. The largest absolute Gasteiger partial charge is 0.416 e. The number of halogens is 4. The van der Waals surface area contributed by atoms with Crippen LogP contribution in [-0.2, 0) is 25.6 Å². The molecule has 3 aliphatic rings. The predicted octanol–water partition coefficient (Wildman–Crippen LogP) is 3.19. The summed E-state index contributed by atoms with van der Waals surface area (Å²) in [4.78, 5) is 42.1. The number of hydrogen-bond acceptors (Lipinski definition) is 5. The summed E-state index contributed by atoms with van der Waals surface area (Å²) in [5.74, 6) is -3.10. The first-order valence-electron chi connectivity index (χ1n) is 12.7. The summed E-state index contributed by atoms with van der Waals surface area (Å²) in [5, 5.41) is 2.74. The normalized spacial score (nSPS) is 25.1. The van der Waals surface area contributed by atoms with Gasteiger partial charge in [0.1, 0.15) is 11.9 Å². The molecule has 5 rings (SSSR count). The molecule has 0 radical (unpaired) electrons. The number of benzene rings is 2. The number of rotatable bonds is 6. The molecule has 0 spiro atoms. The van der Waals surface area contributed by atoms with Gasteiger partial charge in [0.15, 0.2) is 9.84 Å². The van der Waals surface area contributed by atoms with Gasteiger partial charge in [-0.3, -0.25) is 14.4 Å². The van der Waals surface area contributed by atoms with Crippen LogP contribution >= 0.6 is 0 Å². The lowest BCUT2D eigenvalue weighted by molar-refractivity contribution is -0.137. The summed E-state index contributed by atoms with van der Waals surface area (Å²) in [6.07, 6.45) is -2.77. The minimum Gasteiger partial charge on any atom is -0.347 e. The summed E-state index contributed by atoms with van der Waals surface area (Å²) >= 11 is 0. The second-order valence-corrected chi connectivity index (χ2v) is 12.8. The summed E-state index contributed by atoms with van der Waals surface area (Å²) < 4.78 is 78.5. The molecule has 1 saturated carbocycles. The molecule has 2 saturated heterocycles. The van der Waals surface area contributed by atoms with Crippen molar-refractivity contribution in [2.24, 2.45) is 11.8 Å². The Bertz CT molecular complexity index is 1500. The fourth-order valence-corrected chi connectivity index (χ4v) is 6.43. The van der Waals surface area contributed by atoms with Crippen LogP contribution in [0.4, 0.5) is 17.6 Å². The van der Waals surface area contributed by atoms with E-state index in [2.05, 4.69) is 5.32 Å². The number of carbonyl (C=O) groups excluding carboxylic acids is 3. The molecule has 2 aromatic rings. The van der Waals surface area contributed by atoms with E-state index in [0.29, 0.717) is 18.9 Å². The van der Waals surface area contributed by atoms with Crippen molar-refractivity contribution in [1.29, 1.82) is 0 Å². The van der Waals surface area contributed by atoms with E-state index in [9.17, 15) is 36.0 Å². The molecule has 0 unspecified atom stereocenters. The first-order valence-corrected chi connectivity index (χ1v) is 14.6. The van der Waals surface area contributed by atoms with Gasteiger partial charge in [0, 0.05) is 49.4 Å². The van der Waals surface area contributed by atoms with E-state index < -0.39 is 57.2 Å². The molecule has 214 valence electrons. The molecule has 0 bridgehead atoms. The van der Waals surface area contributed by atoms with Crippen LogP contribution in [-0.4, -0.2) is 67.9 Å². The van der Waals surface area contributed by atoms with Crippen molar-refractivity contribution < 1.29 is 40.4 Å². The molecule has 1 N–H and O–H groups in total. The Labute approximate surface area is 228 Å². The van der Waals surface area contributed by atoms with Crippen LogP contribution in [0.5, 0.6) is 0 Å². The molecule has 3 fully saturated rings. The SMILES string of the molecule is CN1C[C@H]([C@@H](NC(=O)[C@H]2C[C@H]3C[C@H]3N2C(=O)c2cccc(S(C)(=O)=O)c2)c2ccc(C(F)(F)F)cc2F)CC1=O. The summed E-state index contributed by atoms with van der Waals surface area (Å²) in [7, 11) is -2.04. The van der Waals surface area contributed by atoms with Crippen molar-refractivity contribution in [1.82, 2.24) is 15.1 Å². The van der Waals surface area contributed by atoms with Gasteiger partial charge in [-0.15, -0.1) is 0 Å². The molecule has 1 aliphatic carbocycles. The smallest absolute Gasteiger partial charge is 0.347 e. The molecule has 3 amide bonds. The monoisotopic (exact) mass is 581 g/mol. The highest BCUT2D eigenvalue weighted by Crippen LogP contribution is 2.49. The maximum atomic E-state index is 15.1. The van der Waals surface area contributed by atoms with Crippen LogP contribution in [0.15, 0.2) is 47.4 Å². The van der Waals surface area contributed by atoms with Gasteiger partial charge in [-0.25, -0.2) is 12.8 Å². The van der Waals surface area contributed by atoms with E-state index in [1.807, 2.05) is 0 Å². The van der Waals surface area contributed by atoms with Crippen LogP contribution < -0.4 is 5.32 Å². The molecule has 2 heterocycles. The minimum atomic E-state index is -4.76. The number of likely N-dealkylation sites (tertiary alicyclic amines) is 2. The average molecular weight is 582 g/mol. The molecule has 5 atom stereocenters. The Hall–Kier alpha value is -3.48. The van der Waals surface area contributed by atoms with Crippen LogP contribution in [0, 0.1) is 17.7 Å². The lowest BCUT2D eigenvalue weighted by Gasteiger charge is -2.31. The van der Waals surface area contributed by atoms with Gasteiger partial charge in [-0.05, 0) is 49.1 Å². The Morgan fingerprint density at radius 3 is 2.42 bits per heavy atom. The topological polar surface area (TPSA) is 104 Å². The van der Waals surface area contributed by atoms with E-state index >= 15 is 4.39 Å². The summed E-state index contributed by atoms with van der Waals surface area (Å²) in [5.41, 5.74) is -1.26. The zero-order valence-electron chi connectivity index (χ0n) is 21.6. The maximum absolute atomic E-state index is 15.1. The second kappa shape index (κ2) is 9.86. The quantitative estimate of drug-likeness (QED) is 0.528. The number of nitrogens with zero attached hydrogens (tertiary/aromatic N) is 2. The molecule has 8 nitrogen and oxygen atoms in total. The van der Waals surface area contributed by atoms with Gasteiger partial charge in [-0.1, -0.05) is 12.1 Å². The molecule has 2 aliphatic heterocycles. The number of sulfone groups is 1. The molecule has 40 heavy (non-hydrogen) atoms. The summed E-state index contributed by atoms with van der Waals surface area (Å²) in [6, 6.07) is 5.30. The number of carbonyl (C=O) groups is 3. The number of nitrogens with one attached hydrogen (secondary N) is 1. The van der Waals surface area contributed by atoms with Crippen LogP contribution in [0.3, 0.4) is 0 Å². The van der Waals surface area contributed by atoms with Crippen LogP contribution in [0.2, 0.25) is 0 Å². The van der Waals surface area contributed by atoms with E-state index in [1.54, 1.807) is 7.05 Å². The maximum Gasteiger partial charge on any atom is 0.416 e. The van der Waals surface area contributed by atoms with Crippen molar-refractivity contribution >= 4 is 27.6 Å². The Balaban J connectivity index is 1.43. The van der Waals surface area contributed by atoms with Gasteiger partial charge in [0.05, 0.1) is 16.5 Å². The van der Waals surface area contributed by atoms with Crippen LogP contribution in [0.25, 0.3) is 0 Å². The number of piperidine rings is 1. The molecule has 2 aromatic carbocycles. The minimum absolute atomic E-state index is 0.0428.